The van der Waals surface area contributed by atoms with Crippen molar-refractivity contribution in [1.82, 2.24) is 19.9 Å². The minimum absolute atomic E-state index is 0.0277. The molecule has 10 heteroatoms. The van der Waals surface area contributed by atoms with Gasteiger partial charge in [-0.1, -0.05) is 12.1 Å². The predicted octanol–water partition coefficient (Wildman–Crippen LogP) is 3.43. The van der Waals surface area contributed by atoms with E-state index in [0.29, 0.717) is 6.42 Å². The molecule has 0 aliphatic heterocycles. The third kappa shape index (κ3) is 6.50. The van der Waals surface area contributed by atoms with E-state index in [0.717, 1.165) is 17.1 Å². The van der Waals surface area contributed by atoms with Crippen molar-refractivity contribution in [3.05, 3.63) is 72.6 Å². The highest BCUT2D eigenvalue weighted by Gasteiger charge is 2.38. The average Bonchev–Trinajstić information content (AvgIpc) is 3.36. The van der Waals surface area contributed by atoms with Gasteiger partial charge in [-0.15, -0.1) is 0 Å². The number of aromatic nitrogens is 3. The van der Waals surface area contributed by atoms with Gasteiger partial charge in [0.05, 0.1) is 12.0 Å². The molecule has 1 amide bonds. The topological polar surface area (TPSA) is 100 Å². The third-order valence-electron chi connectivity index (χ3n) is 3.99. The summed E-state index contributed by atoms with van der Waals surface area (Å²) in [5, 5.41) is 10.1. The van der Waals surface area contributed by atoms with E-state index in [1.54, 1.807) is 12.4 Å². The summed E-state index contributed by atoms with van der Waals surface area (Å²) in [5.41, 5.74) is 1.54. The summed E-state index contributed by atoms with van der Waals surface area (Å²) >= 11 is 0. The molecule has 1 aromatic carbocycles. The number of benzene rings is 1. The molecule has 0 radical (unpaired) electrons. The van der Waals surface area contributed by atoms with Crippen LogP contribution in [-0.2, 0) is 21.5 Å². The lowest BCUT2D eigenvalue weighted by Gasteiger charge is -2.24. The Morgan fingerprint density at radius 3 is 2.17 bits per heavy atom. The molecule has 0 saturated heterocycles. The number of nitrogens with one attached hydrogen (secondary N) is 2. The van der Waals surface area contributed by atoms with E-state index >= 15 is 0 Å². The summed E-state index contributed by atoms with van der Waals surface area (Å²) in [7, 11) is 0. The Bertz CT molecular complexity index is 948. The number of H-pyrrole nitrogens is 1. The van der Waals surface area contributed by atoms with Crippen molar-refractivity contribution in [2.45, 2.75) is 32.0 Å². The van der Waals surface area contributed by atoms with Gasteiger partial charge in [-0.3, -0.25) is 4.79 Å². The fraction of sp³-hybridized carbons (Fsp3) is 0.250. The molecule has 3 aromatic rings. The van der Waals surface area contributed by atoms with Gasteiger partial charge in [0.2, 0.25) is 5.91 Å². The van der Waals surface area contributed by atoms with Crippen molar-refractivity contribution in [3.63, 3.8) is 0 Å². The van der Waals surface area contributed by atoms with Gasteiger partial charge in [0.25, 0.3) is 0 Å². The van der Waals surface area contributed by atoms with Gasteiger partial charge in [0, 0.05) is 30.5 Å². The lowest BCUT2D eigenvalue weighted by molar-refractivity contribution is -0.192. The molecular formula is C20H21F3N4O3. The number of halogens is 3. The number of amides is 1. The SMILES string of the molecule is CC(C)(NC(=O)Cc1ccc(-n2cccc2)cc1)c1ncc[nH]1.O=C(O)C(F)(F)F. The molecule has 0 aliphatic carbocycles. The van der Waals surface area contributed by atoms with Crippen molar-refractivity contribution in [1.29, 1.82) is 0 Å². The van der Waals surface area contributed by atoms with Crippen molar-refractivity contribution in [3.8, 4) is 5.69 Å². The van der Waals surface area contributed by atoms with Crippen LogP contribution >= 0.6 is 0 Å². The van der Waals surface area contributed by atoms with Crippen LogP contribution in [0, 0.1) is 0 Å². The van der Waals surface area contributed by atoms with Crippen molar-refractivity contribution < 1.29 is 27.9 Å². The second-order valence-corrected chi connectivity index (χ2v) is 6.85. The molecule has 3 rings (SSSR count). The number of rotatable bonds is 5. The predicted molar refractivity (Wildman–Crippen MR) is 103 cm³/mol. The summed E-state index contributed by atoms with van der Waals surface area (Å²) in [6.07, 6.45) is 2.68. The van der Waals surface area contributed by atoms with Crippen LogP contribution in [-0.4, -0.2) is 37.7 Å². The standard InChI is InChI=1S/C18H20N4O.C2HF3O2/c1-18(2,17-19-9-10-20-17)21-16(23)13-14-5-7-15(8-6-14)22-11-3-4-12-22;3-2(4,5)1(6)7/h3-12H,13H2,1-2H3,(H,19,20)(H,21,23);(H,6,7). The molecular weight excluding hydrogens is 401 g/mol. The maximum absolute atomic E-state index is 12.3. The maximum atomic E-state index is 12.3. The molecule has 0 atom stereocenters. The number of aromatic amines is 1. The van der Waals surface area contributed by atoms with Crippen molar-refractivity contribution >= 4 is 11.9 Å². The van der Waals surface area contributed by atoms with E-state index in [4.69, 9.17) is 9.90 Å². The number of carboxylic acids is 1. The Hall–Kier alpha value is -3.56. The number of alkyl halides is 3. The number of carbonyl (C=O) groups excluding carboxylic acids is 1. The van der Waals surface area contributed by atoms with Crippen LogP contribution in [0.15, 0.2) is 61.2 Å². The number of hydrogen-bond acceptors (Lipinski definition) is 3. The van der Waals surface area contributed by atoms with E-state index in [2.05, 4.69) is 15.3 Å². The Kier molecular flexibility index (Phi) is 7.04. The Morgan fingerprint density at radius 2 is 1.70 bits per heavy atom. The molecule has 0 bridgehead atoms. The van der Waals surface area contributed by atoms with Crippen molar-refractivity contribution in [2.75, 3.05) is 0 Å². The zero-order chi connectivity index (χ0) is 22.4. The van der Waals surface area contributed by atoms with Crippen LogP contribution in [0.2, 0.25) is 0 Å². The van der Waals surface area contributed by atoms with Crippen LogP contribution in [0.1, 0.15) is 25.2 Å². The van der Waals surface area contributed by atoms with E-state index < -0.39 is 17.7 Å². The molecule has 30 heavy (non-hydrogen) atoms. The smallest absolute Gasteiger partial charge is 0.475 e. The van der Waals surface area contributed by atoms with Gasteiger partial charge in [-0.25, -0.2) is 9.78 Å². The number of hydrogen-bond donors (Lipinski definition) is 3. The van der Waals surface area contributed by atoms with E-state index in [1.807, 2.05) is 67.2 Å². The highest BCUT2D eigenvalue weighted by molar-refractivity contribution is 5.79. The van der Waals surface area contributed by atoms with Crippen LogP contribution in [0.4, 0.5) is 13.2 Å². The number of aliphatic carboxylic acids is 1. The molecule has 0 fully saturated rings. The molecule has 0 unspecified atom stereocenters. The highest BCUT2D eigenvalue weighted by atomic mass is 19.4. The largest absolute Gasteiger partial charge is 0.490 e. The molecule has 0 spiro atoms. The molecule has 7 nitrogen and oxygen atoms in total. The van der Waals surface area contributed by atoms with Gasteiger partial charge in [0.15, 0.2) is 0 Å². The summed E-state index contributed by atoms with van der Waals surface area (Å²) in [6, 6.07) is 12.0. The Labute approximate surface area is 170 Å². The monoisotopic (exact) mass is 422 g/mol. The first kappa shape index (κ1) is 22.7. The third-order valence-corrected chi connectivity index (χ3v) is 3.99. The minimum Gasteiger partial charge on any atom is -0.475 e. The molecule has 0 aliphatic rings. The lowest BCUT2D eigenvalue weighted by atomic mass is 10.0. The first-order valence-corrected chi connectivity index (χ1v) is 8.82. The van der Waals surface area contributed by atoms with Gasteiger partial charge in [0.1, 0.15) is 5.82 Å². The Balaban J connectivity index is 0.000000396. The summed E-state index contributed by atoms with van der Waals surface area (Å²) in [4.78, 5) is 28.4. The number of carboxylic acid groups (broad SMARTS) is 1. The average molecular weight is 422 g/mol. The van der Waals surface area contributed by atoms with Crippen LogP contribution in [0.25, 0.3) is 5.69 Å². The van der Waals surface area contributed by atoms with Gasteiger partial charge in [-0.05, 0) is 43.7 Å². The second-order valence-electron chi connectivity index (χ2n) is 6.85. The zero-order valence-electron chi connectivity index (χ0n) is 16.3. The maximum Gasteiger partial charge on any atom is 0.490 e. The lowest BCUT2D eigenvalue weighted by Crippen LogP contribution is -2.42. The van der Waals surface area contributed by atoms with Gasteiger partial charge in [-0.2, -0.15) is 13.2 Å². The quantitative estimate of drug-likeness (QED) is 0.587. The second kappa shape index (κ2) is 9.29. The molecule has 3 N–H and O–H groups in total. The first-order chi connectivity index (χ1) is 14.0. The van der Waals surface area contributed by atoms with E-state index in [1.165, 1.54) is 0 Å². The molecule has 2 aromatic heterocycles. The number of carbonyl (C=O) groups is 2. The van der Waals surface area contributed by atoms with Gasteiger partial charge < -0.3 is 20.0 Å². The van der Waals surface area contributed by atoms with Crippen molar-refractivity contribution in [2.24, 2.45) is 0 Å². The molecule has 0 saturated carbocycles. The van der Waals surface area contributed by atoms with E-state index in [9.17, 15) is 18.0 Å². The Morgan fingerprint density at radius 1 is 1.13 bits per heavy atom. The zero-order valence-corrected chi connectivity index (χ0v) is 16.3. The minimum atomic E-state index is -5.08. The molecule has 2 heterocycles. The highest BCUT2D eigenvalue weighted by Crippen LogP contribution is 2.16. The summed E-state index contributed by atoms with van der Waals surface area (Å²) < 4.78 is 33.8. The fourth-order valence-electron chi connectivity index (χ4n) is 2.54. The van der Waals surface area contributed by atoms with Crippen LogP contribution in [0.5, 0.6) is 0 Å². The number of nitrogens with zero attached hydrogens (tertiary/aromatic N) is 2. The first-order valence-electron chi connectivity index (χ1n) is 8.82. The summed E-state index contributed by atoms with van der Waals surface area (Å²) in [6.45, 7) is 3.86. The van der Waals surface area contributed by atoms with Gasteiger partial charge >= 0.3 is 12.1 Å². The molecule has 160 valence electrons. The fourth-order valence-corrected chi connectivity index (χ4v) is 2.54. The van der Waals surface area contributed by atoms with Crippen LogP contribution < -0.4 is 5.32 Å². The van der Waals surface area contributed by atoms with Crippen LogP contribution in [0.3, 0.4) is 0 Å². The normalized spacial score (nSPS) is 11.4. The van der Waals surface area contributed by atoms with E-state index in [-0.39, 0.29) is 5.91 Å². The summed E-state index contributed by atoms with van der Waals surface area (Å²) in [5.74, 6) is -2.04. The number of imidazole rings is 1.